The first-order valence-electron chi connectivity index (χ1n) is 7.10. The number of nitrogens with one attached hydrogen (secondary N) is 1. The summed E-state index contributed by atoms with van der Waals surface area (Å²) in [6.07, 6.45) is 5.69. The Hall–Kier alpha value is -1.29. The van der Waals surface area contributed by atoms with Crippen molar-refractivity contribution in [3.63, 3.8) is 0 Å². The van der Waals surface area contributed by atoms with Crippen LogP contribution >= 0.6 is 0 Å². The number of fused-ring (bicyclic) bond motifs is 2. The molecule has 1 saturated carbocycles. The largest absolute Gasteiger partial charge is 0.353 e. The standard InChI is InChI=1S/C15H24N4/c1-14(2)6-12-7-15(3,9-14)10-19(12)13-5-4-11(18-16)8-17-13/h4-5,8,12,18H,6-7,9-10,16H2,1-3H3. The van der Waals surface area contributed by atoms with Crippen molar-refractivity contribution in [2.24, 2.45) is 16.7 Å². The van der Waals surface area contributed by atoms with Crippen LogP contribution in [0.1, 0.15) is 40.0 Å². The molecule has 1 aromatic rings. The second-order valence-electron chi connectivity index (χ2n) is 7.39. The van der Waals surface area contributed by atoms with Crippen molar-refractivity contribution in [1.82, 2.24) is 4.98 Å². The molecule has 19 heavy (non-hydrogen) atoms. The van der Waals surface area contributed by atoms with Gasteiger partial charge in [-0.25, -0.2) is 4.98 Å². The number of pyridine rings is 1. The second-order valence-corrected chi connectivity index (χ2v) is 7.39. The number of hydrogen-bond donors (Lipinski definition) is 2. The Balaban J connectivity index is 1.86. The van der Waals surface area contributed by atoms with Gasteiger partial charge in [0, 0.05) is 12.6 Å². The number of aromatic nitrogens is 1. The van der Waals surface area contributed by atoms with Crippen LogP contribution < -0.4 is 16.2 Å². The van der Waals surface area contributed by atoms with Gasteiger partial charge in [0.15, 0.2) is 0 Å². The molecule has 2 bridgehead atoms. The molecule has 104 valence electrons. The van der Waals surface area contributed by atoms with E-state index in [2.05, 4.69) is 42.1 Å². The molecule has 2 heterocycles. The zero-order valence-electron chi connectivity index (χ0n) is 12.1. The van der Waals surface area contributed by atoms with Crippen molar-refractivity contribution in [2.75, 3.05) is 16.9 Å². The van der Waals surface area contributed by atoms with Crippen LogP contribution in [0.4, 0.5) is 11.5 Å². The van der Waals surface area contributed by atoms with Crippen molar-refractivity contribution in [2.45, 2.75) is 46.1 Å². The molecule has 1 aliphatic heterocycles. The Morgan fingerprint density at radius 1 is 1.32 bits per heavy atom. The lowest BCUT2D eigenvalue weighted by Crippen LogP contribution is -2.34. The minimum Gasteiger partial charge on any atom is -0.353 e. The van der Waals surface area contributed by atoms with E-state index in [0.717, 1.165) is 18.1 Å². The van der Waals surface area contributed by atoms with Gasteiger partial charge in [0.2, 0.25) is 0 Å². The Kier molecular flexibility index (Phi) is 2.75. The molecular formula is C15H24N4. The van der Waals surface area contributed by atoms with Gasteiger partial charge >= 0.3 is 0 Å². The number of rotatable bonds is 2. The van der Waals surface area contributed by atoms with E-state index in [-0.39, 0.29) is 0 Å². The molecule has 0 radical (unpaired) electrons. The van der Waals surface area contributed by atoms with Gasteiger partial charge in [-0.3, -0.25) is 5.84 Å². The summed E-state index contributed by atoms with van der Waals surface area (Å²) in [4.78, 5) is 7.05. The Bertz CT molecular complexity index is 468. The molecule has 4 heteroatoms. The molecule has 0 amide bonds. The lowest BCUT2D eigenvalue weighted by molar-refractivity contribution is 0.136. The van der Waals surface area contributed by atoms with Crippen molar-refractivity contribution in [3.05, 3.63) is 18.3 Å². The van der Waals surface area contributed by atoms with Gasteiger partial charge < -0.3 is 10.3 Å². The third-order valence-electron chi connectivity index (χ3n) is 4.62. The average molecular weight is 260 g/mol. The molecule has 2 unspecified atom stereocenters. The van der Waals surface area contributed by atoms with Crippen LogP contribution in [0.25, 0.3) is 0 Å². The molecule has 1 saturated heterocycles. The van der Waals surface area contributed by atoms with E-state index in [9.17, 15) is 0 Å². The number of anilines is 2. The predicted molar refractivity (Wildman–Crippen MR) is 78.9 cm³/mol. The molecule has 2 atom stereocenters. The van der Waals surface area contributed by atoms with E-state index in [0.29, 0.717) is 16.9 Å². The average Bonchev–Trinajstić information content (AvgIpc) is 2.59. The summed E-state index contributed by atoms with van der Waals surface area (Å²) in [5, 5.41) is 0. The van der Waals surface area contributed by atoms with Crippen molar-refractivity contribution < 1.29 is 0 Å². The van der Waals surface area contributed by atoms with Crippen LogP contribution in [-0.2, 0) is 0 Å². The highest BCUT2D eigenvalue weighted by atomic mass is 15.3. The molecule has 2 aliphatic rings. The van der Waals surface area contributed by atoms with E-state index < -0.39 is 0 Å². The highest BCUT2D eigenvalue weighted by Crippen LogP contribution is 2.53. The smallest absolute Gasteiger partial charge is 0.128 e. The first-order chi connectivity index (χ1) is 8.91. The number of nitrogen functional groups attached to an aromatic ring is 1. The SMILES string of the molecule is CC1(C)CC2CC(C)(CN2c2ccc(NN)cn2)C1. The maximum atomic E-state index is 5.39. The van der Waals surface area contributed by atoms with E-state index >= 15 is 0 Å². The predicted octanol–water partition coefficient (Wildman–Crippen LogP) is 2.77. The first-order valence-corrected chi connectivity index (χ1v) is 7.10. The number of nitrogens with zero attached hydrogens (tertiary/aromatic N) is 2. The van der Waals surface area contributed by atoms with Crippen LogP contribution in [0.3, 0.4) is 0 Å². The minimum absolute atomic E-state index is 0.443. The first kappa shape index (κ1) is 12.7. The van der Waals surface area contributed by atoms with E-state index in [1.807, 2.05) is 12.3 Å². The molecule has 2 fully saturated rings. The Morgan fingerprint density at radius 3 is 2.74 bits per heavy atom. The molecule has 1 aromatic heterocycles. The van der Waals surface area contributed by atoms with Crippen molar-refractivity contribution >= 4 is 11.5 Å². The summed E-state index contributed by atoms with van der Waals surface area (Å²) in [6, 6.07) is 4.71. The van der Waals surface area contributed by atoms with Crippen LogP contribution in [0.2, 0.25) is 0 Å². The maximum absolute atomic E-state index is 5.39. The highest BCUT2D eigenvalue weighted by Gasteiger charge is 2.49. The lowest BCUT2D eigenvalue weighted by Gasteiger charge is -2.39. The Labute approximate surface area is 115 Å². The fourth-order valence-electron chi connectivity index (χ4n) is 4.37. The number of hydrazine groups is 1. The zero-order chi connectivity index (χ0) is 13.7. The lowest BCUT2D eigenvalue weighted by atomic mass is 9.65. The fraction of sp³-hybridized carbons (Fsp3) is 0.667. The Morgan fingerprint density at radius 2 is 2.11 bits per heavy atom. The van der Waals surface area contributed by atoms with Gasteiger partial charge in [-0.1, -0.05) is 20.8 Å². The van der Waals surface area contributed by atoms with Gasteiger partial charge in [-0.15, -0.1) is 0 Å². The van der Waals surface area contributed by atoms with E-state index in [1.165, 1.54) is 19.3 Å². The molecule has 0 aromatic carbocycles. The topological polar surface area (TPSA) is 54.2 Å². The molecule has 3 rings (SSSR count). The molecule has 1 aliphatic carbocycles. The quantitative estimate of drug-likeness (QED) is 0.634. The monoisotopic (exact) mass is 260 g/mol. The summed E-state index contributed by atoms with van der Waals surface area (Å²) < 4.78 is 0. The van der Waals surface area contributed by atoms with Gasteiger partial charge in [-0.2, -0.15) is 0 Å². The normalized spacial score (nSPS) is 32.4. The van der Waals surface area contributed by atoms with Crippen LogP contribution in [0.15, 0.2) is 18.3 Å². The highest BCUT2D eigenvalue weighted by molar-refractivity contribution is 5.49. The third kappa shape index (κ3) is 2.29. The van der Waals surface area contributed by atoms with Crippen LogP contribution in [0.5, 0.6) is 0 Å². The molecule has 4 nitrogen and oxygen atoms in total. The van der Waals surface area contributed by atoms with Gasteiger partial charge in [0.05, 0.1) is 11.9 Å². The summed E-state index contributed by atoms with van der Waals surface area (Å²) >= 11 is 0. The van der Waals surface area contributed by atoms with Crippen molar-refractivity contribution in [3.8, 4) is 0 Å². The summed E-state index contributed by atoms with van der Waals surface area (Å²) in [5.41, 5.74) is 4.38. The molecule has 0 spiro atoms. The van der Waals surface area contributed by atoms with Gasteiger partial charge in [0.25, 0.3) is 0 Å². The number of hydrogen-bond acceptors (Lipinski definition) is 4. The van der Waals surface area contributed by atoms with Crippen molar-refractivity contribution in [1.29, 1.82) is 0 Å². The van der Waals surface area contributed by atoms with Gasteiger partial charge in [0.1, 0.15) is 5.82 Å². The molecular weight excluding hydrogens is 236 g/mol. The third-order valence-corrected chi connectivity index (χ3v) is 4.62. The summed E-state index contributed by atoms with van der Waals surface area (Å²) in [6.45, 7) is 8.35. The summed E-state index contributed by atoms with van der Waals surface area (Å²) in [5.74, 6) is 6.48. The van der Waals surface area contributed by atoms with E-state index in [4.69, 9.17) is 5.84 Å². The minimum atomic E-state index is 0.443. The second kappa shape index (κ2) is 4.10. The number of nitrogens with two attached hydrogens (primary N) is 1. The van der Waals surface area contributed by atoms with Gasteiger partial charge in [-0.05, 0) is 42.2 Å². The fourth-order valence-corrected chi connectivity index (χ4v) is 4.37. The van der Waals surface area contributed by atoms with E-state index in [1.54, 1.807) is 0 Å². The van der Waals surface area contributed by atoms with Crippen LogP contribution in [0, 0.1) is 10.8 Å². The maximum Gasteiger partial charge on any atom is 0.128 e. The summed E-state index contributed by atoms with van der Waals surface area (Å²) in [7, 11) is 0. The zero-order valence-corrected chi connectivity index (χ0v) is 12.1. The molecule has 3 N–H and O–H groups in total. The van der Waals surface area contributed by atoms with Crippen LogP contribution in [-0.4, -0.2) is 17.6 Å².